The third-order valence-electron chi connectivity index (χ3n) is 4.13. The topological polar surface area (TPSA) is 6.48 Å². The minimum absolute atomic E-state index is 0.522. The number of hydrogen-bond donors (Lipinski definition) is 0. The van der Waals surface area contributed by atoms with Crippen molar-refractivity contribution in [2.75, 3.05) is 26.3 Å². The van der Waals surface area contributed by atoms with Gasteiger partial charge in [-0.05, 0) is 31.2 Å². The molecule has 1 fully saturated rings. The fourth-order valence-electron chi connectivity index (χ4n) is 2.80. The maximum absolute atomic E-state index is 3.29. The first-order valence-electron chi connectivity index (χ1n) is 8.35. The summed E-state index contributed by atoms with van der Waals surface area (Å²) in [4.78, 5) is 4.78. The molecular weight excluding hydrogens is 292 g/mol. The van der Waals surface area contributed by atoms with E-state index in [0.29, 0.717) is 6.04 Å². The second kappa shape index (κ2) is 8.37. The Bertz CT molecular complexity index is 760. The lowest BCUT2D eigenvalue weighted by Crippen LogP contribution is -2.29. The van der Waals surface area contributed by atoms with E-state index in [1.54, 1.807) is 0 Å². The lowest BCUT2D eigenvalue weighted by molar-refractivity contribution is 0.263. The monoisotopic (exact) mass is 314 g/mol. The second-order valence-electron chi connectivity index (χ2n) is 6.08. The van der Waals surface area contributed by atoms with Gasteiger partial charge >= 0.3 is 0 Å². The van der Waals surface area contributed by atoms with Crippen molar-refractivity contribution in [1.29, 1.82) is 0 Å². The Morgan fingerprint density at radius 1 is 0.833 bits per heavy atom. The SMILES string of the molecule is CC1CN(CC#Cc2ccccc2)CN1CC#Cc1ccccc1. The third kappa shape index (κ3) is 4.74. The van der Waals surface area contributed by atoms with Crippen LogP contribution in [0.4, 0.5) is 0 Å². The normalized spacial score (nSPS) is 17.6. The molecule has 2 aromatic carbocycles. The molecule has 0 radical (unpaired) electrons. The molecule has 1 unspecified atom stereocenters. The summed E-state index contributed by atoms with van der Waals surface area (Å²) in [5.74, 6) is 13.0. The molecule has 1 aliphatic rings. The maximum atomic E-state index is 3.29. The lowest BCUT2D eigenvalue weighted by atomic mass is 10.2. The van der Waals surface area contributed by atoms with Gasteiger partial charge in [-0.3, -0.25) is 9.80 Å². The molecule has 24 heavy (non-hydrogen) atoms. The summed E-state index contributed by atoms with van der Waals surface area (Å²) in [5.41, 5.74) is 2.16. The van der Waals surface area contributed by atoms with Crippen LogP contribution in [0, 0.1) is 23.7 Å². The fourth-order valence-corrected chi connectivity index (χ4v) is 2.80. The molecule has 1 heterocycles. The van der Waals surface area contributed by atoms with Gasteiger partial charge < -0.3 is 0 Å². The number of benzene rings is 2. The molecule has 2 aromatic rings. The Hall–Kier alpha value is -2.52. The van der Waals surface area contributed by atoms with Crippen LogP contribution in [0.15, 0.2) is 60.7 Å². The van der Waals surface area contributed by atoms with Gasteiger partial charge in [0.15, 0.2) is 0 Å². The molecule has 0 saturated carbocycles. The quantitative estimate of drug-likeness (QED) is 0.786. The van der Waals surface area contributed by atoms with Gasteiger partial charge in [0.05, 0.1) is 19.8 Å². The van der Waals surface area contributed by atoms with Crippen LogP contribution in [0.3, 0.4) is 0 Å². The molecule has 1 atom stereocenters. The average molecular weight is 314 g/mol. The smallest absolute Gasteiger partial charge is 0.0620 e. The van der Waals surface area contributed by atoms with Crippen molar-refractivity contribution < 1.29 is 0 Å². The second-order valence-corrected chi connectivity index (χ2v) is 6.08. The van der Waals surface area contributed by atoms with Crippen LogP contribution in [0.5, 0.6) is 0 Å². The Kier molecular flexibility index (Phi) is 5.70. The summed E-state index contributed by atoms with van der Waals surface area (Å²) in [6, 6.07) is 20.8. The molecule has 0 aromatic heterocycles. The van der Waals surface area contributed by atoms with Gasteiger partial charge in [-0.25, -0.2) is 0 Å². The predicted octanol–water partition coefficient (Wildman–Crippen LogP) is 3.05. The minimum atomic E-state index is 0.522. The van der Waals surface area contributed by atoms with Crippen LogP contribution in [-0.2, 0) is 0 Å². The molecule has 2 heteroatoms. The molecule has 0 spiro atoms. The Morgan fingerprint density at radius 2 is 1.38 bits per heavy atom. The predicted molar refractivity (Wildman–Crippen MR) is 99.2 cm³/mol. The Morgan fingerprint density at radius 3 is 1.96 bits per heavy atom. The van der Waals surface area contributed by atoms with Crippen LogP contribution in [0.25, 0.3) is 0 Å². The maximum Gasteiger partial charge on any atom is 0.0620 e. The first-order chi connectivity index (χ1) is 11.8. The van der Waals surface area contributed by atoms with Crippen LogP contribution in [-0.4, -0.2) is 42.1 Å². The van der Waals surface area contributed by atoms with Gasteiger partial charge in [-0.2, -0.15) is 0 Å². The summed E-state index contributed by atoms with van der Waals surface area (Å²) >= 11 is 0. The van der Waals surface area contributed by atoms with E-state index in [4.69, 9.17) is 0 Å². The van der Waals surface area contributed by atoms with E-state index in [1.165, 1.54) is 0 Å². The van der Waals surface area contributed by atoms with E-state index in [1.807, 2.05) is 60.7 Å². The van der Waals surface area contributed by atoms with Crippen LogP contribution >= 0.6 is 0 Å². The first-order valence-corrected chi connectivity index (χ1v) is 8.35. The van der Waals surface area contributed by atoms with Crippen molar-refractivity contribution in [1.82, 2.24) is 9.80 Å². The largest absolute Gasteiger partial charge is 0.278 e. The molecule has 3 rings (SSSR count). The van der Waals surface area contributed by atoms with Gasteiger partial charge in [0.25, 0.3) is 0 Å². The summed E-state index contributed by atoms with van der Waals surface area (Å²) in [5, 5.41) is 0. The first kappa shape index (κ1) is 16.3. The van der Waals surface area contributed by atoms with E-state index in [0.717, 1.165) is 37.4 Å². The zero-order valence-electron chi connectivity index (χ0n) is 14.1. The third-order valence-corrected chi connectivity index (χ3v) is 4.13. The van der Waals surface area contributed by atoms with E-state index in [-0.39, 0.29) is 0 Å². The summed E-state index contributed by atoms with van der Waals surface area (Å²) in [7, 11) is 0. The molecule has 0 N–H and O–H groups in total. The molecular formula is C22H22N2. The molecule has 120 valence electrons. The van der Waals surface area contributed by atoms with Crippen molar-refractivity contribution in [3.05, 3.63) is 71.8 Å². The zero-order valence-corrected chi connectivity index (χ0v) is 14.1. The summed E-state index contributed by atoms with van der Waals surface area (Å²) in [6.07, 6.45) is 0. The van der Waals surface area contributed by atoms with Gasteiger partial charge in [0, 0.05) is 23.7 Å². The number of nitrogens with zero attached hydrogens (tertiary/aromatic N) is 2. The molecule has 0 bridgehead atoms. The van der Waals surface area contributed by atoms with Crippen molar-refractivity contribution in [3.63, 3.8) is 0 Å². The van der Waals surface area contributed by atoms with Crippen molar-refractivity contribution in [2.24, 2.45) is 0 Å². The van der Waals surface area contributed by atoms with E-state index in [2.05, 4.69) is 40.4 Å². The minimum Gasteiger partial charge on any atom is -0.278 e. The number of hydrogen-bond acceptors (Lipinski definition) is 2. The van der Waals surface area contributed by atoms with Crippen LogP contribution in [0.2, 0.25) is 0 Å². The highest BCUT2D eigenvalue weighted by Crippen LogP contribution is 2.11. The van der Waals surface area contributed by atoms with Crippen LogP contribution in [0.1, 0.15) is 18.1 Å². The summed E-state index contributed by atoms with van der Waals surface area (Å²) < 4.78 is 0. The van der Waals surface area contributed by atoms with Crippen LogP contribution < -0.4 is 0 Å². The van der Waals surface area contributed by atoms with Gasteiger partial charge in [0.1, 0.15) is 0 Å². The highest BCUT2D eigenvalue weighted by atomic mass is 15.4. The van der Waals surface area contributed by atoms with E-state index in [9.17, 15) is 0 Å². The standard InChI is InChI=1S/C22H22N2/c1-20-18-23(16-8-14-21-10-4-2-5-11-21)19-24(20)17-9-15-22-12-6-3-7-13-22/h2-7,10-13,20H,16-19H2,1H3. The highest BCUT2D eigenvalue weighted by molar-refractivity contribution is 5.34. The molecule has 1 aliphatic heterocycles. The fraction of sp³-hybridized carbons (Fsp3) is 0.273. The molecule has 0 aliphatic carbocycles. The zero-order chi connectivity index (χ0) is 16.6. The van der Waals surface area contributed by atoms with Crippen molar-refractivity contribution in [3.8, 4) is 23.7 Å². The Balaban J connectivity index is 1.50. The molecule has 1 saturated heterocycles. The summed E-state index contributed by atoms with van der Waals surface area (Å²) in [6.45, 7) is 5.86. The molecule has 0 amide bonds. The van der Waals surface area contributed by atoms with E-state index < -0.39 is 0 Å². The highest BCUT2D eigenvalue weighted by Gasteiger charge is 2.25. The van der Waals surface area contributed by atoms with Gasteiger partial charge in [0.2, 0.25) is 0 Å². The van der Waals surface area contributed by atoms with Gasteiger partial charge in [-0.1, -0.05) is 60.1 Å². The molecule has 2 nitrogen and oxygen atoms in total. The van der Waals surface area contributed by atoms with E-state index >= 15 is 0 Å². The Labute approximate surface area is 145 Å². The number of rotatable bonds is 2. The van der Waals surface area contributed by atoms with Gasteiger partial charge in [-0.15, -0.1) is 0 Å². The van der Waals surface area contributed by atoms with Crippen molar-refractivity contribution >= 4 is 0 Å². The lowest BCUT2D eigenvalue weighted by Gasteiger charge is -2.16. The van der Waals surface area contributed by atoms with Crippen molar-refractivity contribution in [2.45, 2.75) is 13.0 Å². The average Bonchev–Trinajstić information content (AvgIpc) is 2.97.